The van der Waals surface area contributed by atoms with E-state index < -0.39 is 53.6 Å². The van der Waals surface area contributed by atoms with Crippen LogP contribution >= 0.6 is 0 Å². The van der Waals surface area contributed by atoms with Crippen molar-refractivity contribution in [1.82, 2.24) is 8.88 Å². The number of phenols is 1. The Balaban J connectivity index is 1.03. The lowest BCUT2D eigenvalue weighted by molar-refractivity contribution is -0.123. The van der Waals surface area contributed by atoms with E-state index in [4.69, 9.17) is 4.42 Å². The number of aromatic hydroxyl groups is 1. The average molecular weight is 983 g/mol. The monoisotopic (exact) mass is 982 g/mol. The zero-order valence-corrected chi connectivity index (χ0v) is 38.4. The van der Waals surface area contributed by atoms with Gasteiger partial charge in [0.2, 0.25) is 21.1 Å². The molecule has 0 aromatic heterocycles. The number of ketones is 1. The van der Waals surface area contributed by atoms with Gasteiger partial charge in [-0.2, -0.15) is 25.7 Å². The molecule has 10 rings (SSSR count). The molecule has 0 spiro atoms. The Morgan fingerprint density at radius 2 is 1.43 bits per heavy atom. The van der Waals surface area contributed by atoms with Crippen molar-refractivity contribution >= 4 is 64.1 Å². The van der Waals surface area contributed by atoms with Crippen molar-refractivity contribution in [3.8, 4) is 28.2 Å². The molecule has 1 aliphatic carbocycles. The summed E-state index contributed by atoms with van der Waals surface area (Å²) in [5, 5.41) is 10.8. The number of rotatable bonds is 10. The molecule has 5 aromatic carbocycles. The van der Waals surface area contributed by atoms with Gasteiger partial charge in [0.15, 0.2) is 23.9 Å². The molecule has 0 radical (unpaired) electrons. The molecule has 3 N–H and O–H groups in total. The van der Waals surface area contributed by atoms with Crippen LogP contribution in [0.5, 0.6) is 5.75 Å². The van der Waals surface area contributed by atoms with Gasteiger partial charge in [0.25, 0.3) is 20.2 Å². The van der Waals surface area contributed by atoms with Crippen molar-refractivity contribution in [2.24, 2.45) is 5.92 Å². The van der Waals surface area contributed by atoms with E-state index in [1.165, 1.54) is 28.6 Å². The SMILES string of the molecule is O=C(CCc1cc(F)c(O)c(F)c1)C1CCN(S(=O)(=O)c2ccccc2-c2c3ccc(=[N+]4CCc5cc(S(=O)(=O)O)ccc54)cc-3oc3cc(N4CCc5cc(S(=O)(=O)O)ccc54)ccc23)CC1. The lowest BCUT2D eigenvalue weighted by Crippen LogP contribution is -2.40. The highest BCUT2D eigenvalue weighted by Crippen LogP contribution is 2.45. The Labute approximate surface area is 389 Å². The number of anilines is 2. The number of benzene rings is 6. The Hall–Kier alpha value is -6.35. The number of nitrogens with zero attached hydrogens (tertiary/aromatic N) is 3. The molecule has 68 heavy (non-hydrogen) atoms. The standard InChI is InChI=1S/C49H41F2N3O11S3/c50-40-23-29(24-41(51)49(40)56)5-14-44(55)30-15-19-52(20-16-30)66(57,58)47-4-2-1-3-39(47)48-37-10-6-33(53-21-17-31-25-35(67(59,60)61)8-12-42(31)53)27-45(37)65-46-28-34(7-11-38(46)48)54-22-18-32-26-36(68(62,63)64)9-13-43(32)54/h1-4,6-13,23-28,30H,5,14-22H2,(H2-,56,59,60,61,62,63,64)/p+1. The van der Waals surface area contributed by atoms with Gasteiger partial charge in [-0.1, -0.05) is 18.2 Å². The van der Waals surface area contributed by atoms with Crippen LogP contribution in [-0.2, 0) is 54.3 Å². The zero-order chi connectivity index (χ0) is 47.9. The highest BCUT2D eigenvalue weighted by atomic mass is 32.2. The summed E-state index contributed by atoms with van der Waals surface area (Å²) in [6, 6.07) is 28.7. The number of fused-ring (bicyclic) bond motifs is 4. The average Bonchev–Trinajstić information content (AvgIpc) is 3.95. The second kappa shape index (κ2) is 17.0. The van der Waals surface area contributed by atoms with Crippen molar-refractivity contribution in [2.45, 2.75) is 53.2 Å². The fourth-order valence-corrected chi connectivity index (χ4v) is 12.5. The third-order valence-corrected chi connectivity index (χ3v) is 16.9. The Morgan fingerprint density at radius 3 is 2.15 bits per heavy atom. The van der Waals surface area contributed by atoms with Crippen LogP contribution in [0.25, 0.3) is 33.4 Å². The molecule has 4 aliphatic heterocycles. The van der Waals surface area contributed by atoms with Crippen LogP contribution in [0.15, 0.2) is 128 Å². The van der Waals surface area contributed by atoms with E-state index in [1.807, 2.05) is 45.9 Å². The summed E-state index contributed by atoms with van der Waals surface area (Å²) in [6.45, 7) is 1.10. The molecule has 4 heterocycles. The van der Waals surface area contributed by atoms with Crippen LogP contribution < -0.4 is 14.8 Å². The summed E-state index contributed by atoms with van der Waals surface area (Å²) in [6.07, 6.45) is 1.54. The van der Waals surface area contributed by atoms with Crippen LogP contribution in [0.4, 0.5) is 25.8 Å². The molecule has 5 aromatic rings. The van der Waals surface area contributed by atoms with Crippen molar-refractivity contribution < 1.29 is 57.5 Å². The first-order chi connectivity index (χ1) is 32.3. The van der Waals surface area contributed by atoms with E-state index >= 15 is 0 Å². The predicted molar refractivity (Wildman–Crippen MR) is 248 cm³/mol. The molecule has 0 amide bonds. The maximum atomic E-state index is 14.8. The minimum atomic E-state index is -4.42. The van der Waals surface area contributed by atoms with Crippen molar-refractivity contribution in [2.75, 3.05) is 31.1 Å². The maximum absolute atomic E-state index is 14.8. The summed E-state index contributed by atoms with van der Waals surface area (Å²) >= 11 is 0. The molecule has 5 aliphatic rings. The molecule has 19 heteroatoms. The van der Waals surface area contributed by atoms with E-state index in [1.54, 1.807) is 36.4 Å². The number of halogens is 2. The van der Waals surface area contributed by atoms with Crippen LogP contribution in [0, 0.1) is 17.6 Å². The molecular weight excluding hydrogens is 941 g/mol. The Bertz CT molecular complexity index is 3620. The number of Topliss-reactive ketones (excluding diaryl/α,β-unsaturated/α-hetero) is 1. The lowest BCUT2D eigenvalue weighted by atomic mass is 9.90. The summed E-state index contributed by atoms with van der Waals surface area (Å²) < 4.78 is 135. The summed E-state index contributed by atoms with van der Waals surface area (Å²) in [7, 11) is -13.0. The molecular formula is C49H42F2N3O11S3+. The van der Waals surface area contributed by atoms with Gasteiger partial charge >= 0.3 is 0 Å². The van der Waals surface area contributed by atoms with Gasteiger partial charge in [-0.15, -0.1) is 0 Å². The van der Waals surface area contributed by atoms with Crippen LogP contribution in [0.1, 0.15) is 36.0 Å². The number of hydrogen-bond acceptors (Lipinski definition) is 10. The van der Waals surface area contributed by atoms with Gasteiger partial charge in [0, 0.05) is 95.6 Å². The van der Waals surface area contributed by atoms with Gasteiger partial charge in [-0.05, 0) is 104 Å². The van der Waals surface area contributed by atoms with E-state index in [2.05, 4.69) is 0 Å². The van der Waals surface area contributed by atoms with E-state index in [0.717, 1.165) is 34.6 Å². The second-order valence-electron chi connectivity index (χ2n) is 17.2. The molecule has 0 saturated carbocycles. The Morgan fingerprint density at radius 1 is 0.735 bits per heavy atom. The number of carbonyl (C=O) groups is 1. The quantitative estimate of drug-likeness (QED) is 0.0688. The highest BCUT2D eigenvalue weighted by molar-refractivity contribution is 7.89. The molecule has 1 saturated heterocycles. The van der Waals surface area contributed by atoms with Crippen LogP contribution in [-0.4, -0.2) is 75.7 Å². The van der Waals surface area contributed by atoms with Gasteiger partial charge < -0.3 is 14.4 Å². The van der Waals surface area contributed by atoms with E-state index in [-0.39, 0.29) is 64.8 Å². The lowest BCUT2D eigenvalue weighted by Gasteiger charge is -2.31. The van der Waals surface area contributed by atoms with Crippen molar-refractivity contribution in [3.63, 3.8) is 0 Å². The number of carbonyl (C=O) groups excluding carboxylic acids is 1. The molecule has 0 unspecified atom stereocenters. The highest BCUT2D eigenvalue weighted by Gasteiger charge is 2.35. The topological polar surface area (TPSA) is 203 Å². The van der Waals surface area contributed by atoms with Crippen LogP contribution in [0.3, 0.4) is 0 Å². The number of phenolic OH excluding ortho intramolecular Hbond substituents is 1. The number of sulfonamides is 1. The molecule has 0 atom stereocenters. The third-order valence-electron chi connectivity index (χ3n) is 13.2. The first-order valence-electron chi connectivity index (χ1n) is 21.7. The number of piperidine rings is 1. The van der Waals surface area contributed by atoms with E-state index in [9.17, 15) is 53.0 Å². The first kappa shape index (κ1) is 45.4. The zero-order valence-electron chi connectivity index (χ0n) is 36.0. The van der Waals surface area contributed by atoms with Gasteiger partial charge in [-0.25, -0.2) is 17.2 Å². The fraction of sp³-hybridized carbons (Fsp3) is 0.224. The van der Waals surface area contributed by atoms with Crippen molar-refractivity contribution in [3.05, 3.63) is 143 Å². The third kappa shape index (κ3) is 8.26. The molecule has 0 bridgehead atoms. The fourth-order valence-electron chi connectivity index (χ4n) is 9.80. The minimum Gasteiger partial charge on any atom is -0.503 e. The second-order valence-corrected chi connectivity index (χ2v) is 22.0. The number of aryl methyl sites for hydroxylation is 1. The predicted octanol–water partition coefficient (Wildman–Crippen LogP) is 7.64. The molecule has 350 valence electrons. The summed E-state index contributed by atoms with van der Waals surface area (Å²) in [5.74, 6) is -3.52. The molecule has 1 fully saturated rings. The van der Waals surface area contributed by atoms with E-state index in [0.29, 0.717) is 70.4 Å². The normalized spacial score (nSPS) is 16.7. The Kier molecular flexibility index (Phi) is 11.4. The van der Waals surface area contributed by atoms with Gasteiger partial charge in [0.1, 0.15) is 17.1 Å². The maximum Gasteiger partial charge on any atom is 0.294 e. The van der Waals surface area contributed by atoms with Gasteiger partial charge in [0.05, 0.1) is 20.8 Å². The van der Waals surface area contributed by atoms with Gasteiger partial charge in [-0.3, -0.25) is 13.9 Å². The first-order valence-corrected chi connectivity index (χ1v) is 26.1. The smallest absolute Gasteiger partial charge is 0.294 e. The molecule has 14 nitrogen and oxygen atoms in total. The van der Waals surface area contributed by atoms with Crippen molar-refractivity contribution in [1.29, 1.82) is 0 Å². The largest absolute Gasteiger partial charge is 0.503 e. The van der Waals surface area contributed by atoms with Crippen LogP contribution in [0.2, 0.25) is 0 Å². The summed E-state index contributed by atoms with van der Waals surface area (Å²) in [4.78, 5) is 14.9. The summed E-state index contributed by atoms with van der Waals surface area (Å²) in [5.41, 5.74) is 5.86. The number of hydrogen-bond donors (Lipinski definition) is 3. The minimum absolute atomic E-state index is 0.00890.